The third-order valence-electron chi connectivity index (χ3n) is 5.79. The van der Waals surface area contributed by atoms with Crippen LogP contribution in [-0.4, -0.2) is 28.5 Å². The van der Waals surface area contributed by atoms with Gasteiger partial charge in [-0.2, -0.15) is 0 Å². The first-order valence-electron chi connectivity index (χ1n) is 10.9. The molecular weight excluding hydrogens is 400 g/mol. The van der Waals surface area contributed by atoms with Gasteiger partial charge in [0.1, 0.15) is 0 Å². The predicted octanol–water partition coefficient (Wildman–Crippen LogP) is 4.55. The molecule has 1 N–H and O–H groups in total. The average molecular weight is 425 g/mol. The number of aryl methyl sites for hydroxylation is 1. The fourth-order valence-electron chi connectivity index (χ4n) is 4.18. The van der Waals surface area contributed by atoms with E-state index in [1.54, 1.807) is 22.8 Å². The monoisotopic (exact) mass is 424 g/mol. The normalized spacial score (nSPS) is 13.5. The van der Waals surface area contributed by atoms with Gasteiger partial charge in [0.05, 0.1) is 16.6 Å². The summed E-state index contributed by atoms with van der Waals surface area (Å²) in [5, 5.41) is 3.41. The molecule has 1 aromatic heterocycles. The lowest BCUT2D eigenvalue weighted by molar-refractivity contribution is 0.102. The lowest BCUT2D eigenvalue weighted by Gasteiger charge is -2.22. The van der Waals surface area contributed by atoms with Crippen molar-refractivity contribution in [3.8, 4) is 5.69 Å². The Hall–Kier alpha value is -3.93. The summed E-state index contributed by atoms with van der Waals surface area (Å²) in [6, 6.07) is 22.3. The number of nitrogens with zero attached hydrogens (tertiary/aromatic N) is 3. The van der Waals surface area contributed by atoms with E-state index >= 15 is 0 Å². The zero-order chi connectivity index (χ0) is 22.1. The number of fused-ring (bicyclic) bond motifs is 1. The van der Waals surface area contributed by atoms with Crippen LogP contribution < -0.4 is 15.8 Å². The molecule has 0 aliphatic carbocycles. The maximum atomic E-state index is 13.5. The van der Waals surface area contributed by atoms with Crippen molar-refractivity contribution in [1.29, 1.82) is 0 Å². The molecule has 0 unspecified atom stereocenters. The van der Waals surface area contributed by atoms with E-state index in [0.29, 0.717) is 22.4 Å². The Balaban J connectivity index is 1.60. The van der Waals surface area contributed by atoms with Crippen molar-refractivity contribution in [2.75, 3.05) is 23.3 Å². The smallest absolute Gasteiger partial charge is 0.267 e. The maximum absolute atomic E-state index is 13.5. The highest BCUT2D eigenvalue weighted by atomic mass is 16.1. The quantitative estimate of drug-likeness (QED) is 0.522. The summed E-state index contributed by atoms with van der Waals surface area (Å²) in [5.74, 6) is 0.400. The predicted molar refractivity (Wildman–Crippen MR) is 128 cm³/mol. The number of carbonyl (C=O) groups is 1. The summed E-state index contributed by atoms with van der Waals surface area (Å²) < 4.78 is 1.68. The molecule has 0 spiro atoms. The van der Waals surface area contributed by atoms with Crippen LogP contribution in [0.15, 0.2) is 77.6 Å². The van der Waals surface area contributed by atoms with E-state index in [2.05, 4.69) is 10.2 Å². The number of nitrogens with one attached hydrogen (secondary N) is 1. The van der Waals surface area contributed by atoms with Gasteiger partial charge < -0.3 is 10.2 Å². The minimum absolute atomic E-state index is 0.131. The highest BCUT2D eigenvalue weighted by molar-refractivity contribution is 6.06. The molecule has 4 aromatic rings. The Morgan fingerprint density at radius 2 is 1.72 bits per heavy atom. The molecule has 160 valence electrons. The highest BCUT2D eigenvalue weighted by Crippen LogP contribution is 2.23. The zero-order valence-electron chi connectivity index (χ0n) is 17.9. The standard InChI is InChI=1S/C26H24N4O2/c1-18-8-7-9-20(16-18)27-24(31)19-12-13-22-23(17-19)28-26(29-14-5-6-15-29)30(25(22)32)21-10-3-2-4-11-21/h2-4,7-13,16-17H,5-6,14-15H2,1H3,(H,27,31). The largest absolute Gasteiger partial charge is 0.342 e. The van der Waals surface area contributed by atoms with Crippen LogP contribution in [-0.2, 0) is 0 Å². The van der Waals surface area contributed by atoms with Gasteiger partial charge in [0.2, 0.25) is 5.95 Å². The van der Waals surface area contributed by atoms with Gasteiger partial charge >= 0.3 is 0 Å². The first-order chi connectivity index (χ1) is 15.6. The molecule has 1 amide bonds. The molecule has 6 heteroatoms. The first-order valence-corrected chi connectivity index (χ1v) is 10.9. The minimum atomic E-state index is -0.228. The number of rotatable bonds is 4. The van der Waals surface area contributed by atoms with Gasteiger partial charge in [-0.15, -0.1) is 0 Å². The van der Waals surface area contributed by atoms with Crippen molar-refractivity contribution in [2.45, 2.75) is 19.8 Å². The number of anilines is 2. The highest BCUT2D eigenvalue weighted by Gasteiger charge is 2.21. The molecule has 1 fully saturated rings. The number of para-hydroxylation sites is 1. The number of benzene rings is 3. The molecule has 1 aliphatic heterocycles. The van der Waals surface area contributed by atoms with Crippen LogP contribution in [0.3, 0.4) is 0 Å². The van der Waals surface area contributed by atoms with Crippen LogP contribution in [0.1, 0.15) is 28.8 Å². The summed E-state index contributed by atoms with van der Waals surface area (Å²) in [5.41, 5.74) is 3.46. The van der Waals surface area contributed by atoms with Crippen molar-refractivity contribution in [2.24, 2.45) is 0 Å². The minimum Gasteiger partial charge on any atom is -0.342 e. The second-order valence-corrected chi connectivity index (χ2v) is 8.14. The van der Waals surface area contributed by atoms with Crippen LogP contribution in [0.5, 0.6) is 0 Å². The van der Waals surface area contributed by atoms with Crippen molar-refractivity contribution >= 4 is 28.4 Å². The van der Waals surface area contributed by atoms with Crippen LogP contribution in [0, 0.1) is 6.92 Å². The molecule has 5 rings (SSSR count). The van der Waals surface area contributed by atoms with Gasteiger partial charge in [-0.3, -0.25) is 9.59 Å². The van der Waals surface area contributed by atoms with Gasteiger partial charge in [0.25, 0.3) is 11.5 Å². The van der Waals surface area contributed by atoms with Crippen LogP contribution in [0.2, 0.25) is 0 Å². The van der Waals surface area contributed by atoms with E-state index in [1.165, 1.54) is 0 Å². The van der Waals surface area contributed by atoms with Crippen LogP contribution in [0.4, 0.5) is 11.6 Å². The Labute approximate surface area is 186 Å². The van der Waals surface area contributed by atoms with Crippen molar-refractivity contribution < 1.29 is 4.79 Å². The van der Waals surface area contributed by atoms with Crippen LogP contribution in [0.25, 0.3) is 16.6 Å². The summed E-state index contributed by atoms with van der Waals surface area (Å²) in [7, 11) is 0. The molecule has 0 bridgehead atoms. The zero-order valence-corrected chi connectivity index (χ0v) is 17.9. The van der Waals surface area contributed by atoms with E-state index in [0.717, 1.165) is 42.9 Å². The summed E-state index contributed by atoms with van der Waals surface area (Å²) in [4.78, 5) is 33.4. The van der Waals surface area contributed by atoms with Gasteiger partial charge in [0.15, 0.2) is 0 Å². The molecule has 2 heterocycles. The van der Waals surface area contributed by atoms with Gasteiger partial charge in [0, 0.05) is 24.3 Å². The lowest BCUT2D eigenvalue weighted by Crippen LogP contribution is -2.30. The molecular formula is C26H24N4O2. The molecule has 32 heavy (non-hydrogen) atoms. The van der Waals surface area contributed by atoms with Crippen molar-refractivity contribution in [1.82, 2.24) is 9.55 Å². The van der Waals surface area contributed by atoms with Gasteiger partial charge in [-0.25, -0.2) is 9.55 Å². The SMILES string of the molecule is Cc1cccc(NC(=O)c2ccc3c(=O)n(-c4ccccc4)c(N4CCCC4)nc3c2)c1. The topological polar surface area (TPSA) is 67.2 Å². The third kappa shape index (κ3) is 3.75. The second-order valence-electron chi connectivity index (χ2n) is 8.14. The lowest BCUT2D eigenvalue weighted by atomic mass is 10.1. The van der Waals surface area contributed by atoms with E-state index < -0.39 is 0 Å². The number of amides is 1. The molecule has 1 saturated heterocycles. The Kier molecular flexibility index (Phi) is 5.19. The van der Waals surface area contributed by atoms with E-state index in [9.17, 15) is 9.59 Å². The number of aromatic nitrogens is 2. The van der Waals surface area contributed by atoms with E-state index in [4.69, 9.17) is 4.98 Å². The number of carbonyl (C=O) groups excluding carboxylic acids is 1. The molecule has 0 saturated carbocycles. The Morgan fingerprint density at radius 1 is 0.938 bits per heavy atom. The maximum Gasteiger partial charge on any atom is 0.267 e. The number of hydrogen-bond donors (Lipinski definition) is 1. The van der Waals surface area contributed by atoms with Crippen molar-refractivity contribution in [3.05, 3.63) is 94.3 Å². The van der Waals surface area contributed by atoms with Crippen molar-refractivity contribution in [3.63, 3.8) is 0 Å². The summed E-state index contributed by atoms with van der Waals surface area (Å²) >= 11 is 0. The molecule has 0 radical (unpaired) electrons. The molecule has 3 aromatic carbocycles. The van der Waals surface area contributed by atoms with E-state index in [-0.39, 0.29) is 11.5 Å². The van der Waals surface area contributed by atoms with Gasteiger partial charge in [-0.05, 0) is 67.8 Å². The Morgan fingerprint density at radius 3 is 2.47 bits per heavy atom. The number of hydrogen-bond acceptors (Lipinski definition) is 4. The third-order valence-corrected chi connectivity index (χ3v) is 5.79. The molecule has 1 aliphatic rings. The van der Waals surface area contributed by atoms with Gasteiger partial charge in [-0.1, -0.05) is 30.3 Å². The van der Waals surface area contributed by atoms with E-state index in [1.807, 2.05) is 61.5 Å². The first kappa shape index (κ1) is 20.0. The van der Waals surface area contributed by atoms with Crippen LogP contribution >= 0.6 is 0 Å². The average Bonchev–Trinajstić information content (AvgIpc) is 3.34. The molecule has 0 atom stereocenters. The summed E-state index contributed by atoms with van der Waals surface area (Å²) in [6.07, 6.45) is 2.14. The fraction of sp³-hybridized carbons (Fsp3) is 0.192. The Bertz CT molecular complexity index is 1360. The fourth-order valence-corrected chi connectivity index (χ4v) is 4.18. The second kappa shape index (κ2) is 8.30. The molecule has 6 nitrogen and oxygen atoms in total. The summed E-state index contributed by atoms with van der Waals surface area (Å²) in [6.45, 7) is 3.70.